The van der Waals surface area contributed by atoms with Gasteiger partial charge in [-0.15, -0.1) is 0 Å². The van der Waals surface area contributed by atoms with Crippen LogP contribution in [0.25, 0.3) is 0 Å². The SMILES string of the molecule is C[C@H]1[C@H](C)CCC[C@H]1NC(=O)c1cccc(S(=O)(=O)N2C[C@@H](C)O[C@H](C)C2)c1. The first kappa shape index (κ1) is 21.3. The molecular formula is C21H32N2O4S. The molecule has 1 aromatic carbocycles. The number of sulfonamides is 1. The average molecular weight is 409 g/mol. The second-order valence-corrected chi connectivity index (χ2v) is 10.4. The van der Waals surface area contributed by atoms with Crippen molar-refractivity contribution in [3.05, 3.63) is 29.8 Å². The topological polar surface area (TPSA) is 75.7 Å². The first-order valence-electron chi connectivity index (χ1n) is 10.2. The van der Waals surface area contributed by atoms with Crippen molar-refractivity contribution in [2.24, 2.45) is 11.8 Å². The van der Waals surface area contributed by atoms with Crippen molar-refractivity contribution < 1.29 is 17.9 Å². The second-order valence-electron chi connectivity index (χ2n) is 8.45. The van der Waals surface area contributed by atoms with Crippen LogP contribution in [0.2, 0.25) is 0 Å². The van der Waals surface area contributed by atoms with Crippen LogP contribution in [-0.2, 0) is 14.8 Å². The highest BCUT2D eigenvalue weighted by atomic mass is 32.2. The van der Waals surface area contributed by atoms with Gasteiger partial charge in [-0.25, -0.2) is 8.42 Å². The lowest BCUT2D eigenvalue weighted by molar-refractivity contribution is -0.0440. The standard InChI is InChI=1S/C21H32N2O4S/c1-14-7-5-10-20(17(14)4)22-21(24)18-8-6-9-19(11-18)28(25,26)23-12-15(2)27-16(3)13-23/h6,8-9,11,14-17,20H,5,7,10,12-13H2,1-4H3,(H,22,24)/t14-,15-,16-,17+,20-/m1/s1. The number of nitrogens with zero attached hydrogens (tertiary/aromatic N) is 1. The van der Waals surface area contributed by atoms with Crippen LogP contribution in [0.1, 0.15) is 57.3 Å². The van der Waals surface area contributed by atoms with Crippen LogP contribution in [0, 0.1) is 11.8 Å². The van der Waals surface area contributed by atoms with E-state index in [1.54, 1.807) is 18.2 Å². The van der Waals surface area contributed by atoms with E-state index in [0.717, 1.165) is 12.8 Å². The van der Waals surface area contributed by atoms with Gasteiger partial charge in [0.2, 0.25) is 10.0 Å². The van der Waals surface area contributed by atoms with Crippen LogP contribution in [0.5, 0.6) is 0 Å². The van der Waals surface area contributed by atoms with E-state index in [2.05, 4.69) is 19.2 Å². The number of nitrogens with one attached hydrogen (secondary N) is 1. The molecule has 3 rings (SSSR count). The van der Waals surface area contributed by atoms with Gasteiger partial charge in [0.15, 0.2) is 0 Å². The summed E-state index contributed by atoms with van der Waals surface area (Å²) in [6.07, 6.45) is 2.97. The predicted octanol–water partition coefficient (Wildman–Crippen LogP) is 3.04. The number of morpholine rings is 1. The molecule has 5 atom stereocenters. The zero-order chi connectivity index (χ0) is 20.5. The van der Waals surface area contributed by atoms with Gasteiger partial charge in [-0.3, -0.25) is 4.79 Å². The predicted molar refractivity (Wildman–Crippen MR) is 109 cm³/mol. The lowest BCUT2D eigenvalue weighted by atomic mass is 9.78. The molecule has 1 N–H and O–H groups in total. The zero-order valence-electron chi connectivity index (χ0n) is 17.2. The number of hydrogen-bond donors (Lipinski definition) is 1. The van der Waals surface area contributed by atoms with E-state index in [9.17, 15) is 13.2 Å². The third kappa shape index (κ3) is 4.58. The molecule has 2 aliphatic rings. The Morgan fingerprint density at radius 1 is 1.11 bits per heavy atom. The highest BCUT2D eigenvalue weighted by Gasteiger charge is 2.33. The van der Waals surface area contributed by atoms with Crippen LogP contribution >= 0.6 is 0 Å². The maximum absolute atomic E-state index is 13.1. The third-order valence-corrected chi connectivity index (χ3v) is 7.97. The molecule has 28 heavy (non-hydrogen) atoms. The fourth-order valence-electron chi connectivity index (χ4n) is 4.31. The number of benzene rings is 1. The van der Waals surface area contributed by atoms with Gasteiger partial charge in [0.25, 0.3) is 5.91 Å². The number of ether oxygens (including phenoxy) is 1. The van der Waals surface area contributed by atoms with Crippen molar-refractivity contribution in [2.45, 2.75) is 70.1 Å². The summed E-state index contributed by atoms with van der Waals surface area (Å²) in [7, 11) is -3.66. The first-order chi connectivity index (χ1) is 13.2. The lowest BCUT2D eigenvalue weighted by Gasteiger charge is -2.35. The van der Waals surface area contributed by atoms with Crippen molar-refractivity contribution in [1.29, 1.82) is 0 Å². The van der Waals surface area contributed by atoms with Crippen molar-refractivity contribution in [1.82, 2.24) is 9.62 Å². The van der Waals surface area contributed by atoms with Crippen molar-refractivity contribution >= 4 is 15.9 Å². The van der Waals surface area contributed by atoms with Crippen LogP contribution in [0.15, 0.2) is 29.2 Å². The molecule has 1 saturated carbocycles. The summed E-state index contributed by atoms with van der Waals surface area (Å²) in [6, 6.07) is 6.50. The van der Waals surface area contributed by atoms with Gasteiger partial charge in [0.1, 0.15) is 0 Å². The van der Waals surface area contributed by atoms with Gasteiger partial charge < -0.3 is 10.1 Å². The minimum atomic E-state index is -3.66. The van der Waals surface area contributed by atoms with E-state index in [1.165, 1.54) is 16.8 Å². The first-order valence-corrected chi connectivity index (χ1v) is 11.7. The van der Waals surface area contributed by atoms with E-state index < -0.39 is 10.0 Å². The van der Waals surface area contributed by atoms with E-state index >= 15 is 0 Å². The fourth-order valence-corrected chi connectivity index (χ4v) is 5.95. The molecule has 1 saturated heterocycles. The van der Waals surface area contributed by atoms with Crippen LogP contribution in [0.4, 0.5) is 0 Å². The molecule has 1 heterocycles. The van der Waals surface area contributed by atoms with Crippen LogP contribution in [0.3, 0.4) is 0 Å². The van der Waals surface area contributed by atoms with E-state index in [1.807, 2.05) is 13.8 Å². The van der Waals surface area contributed by atoms with E-state index in [-0.39, 0.29) is 29.1 Å². The molecule has 156 valence electrons. The molecule has 0 bridgehead atoms. The largest absolute Gasteiger partial charge is 0.373 e. The van der Waals surface area contributed by atoms with Crippen LogP contribution < -0.4 is 5.32 Å². The minimum absolute atomic E-state index is 0.137. The molecule has 1 amide bonds. The highest BCUT2D eigenvalue weighted by molar-refractivity contribution is 7.89. The Hall–Kier alpha value is -1.44. The summed E-state index contributed by atoms with van der Waals surface area (Å²) in [5.41, 5.74) is 0.390. The third-order valence-electron chi connectivity index (χ3n) is 6.14. The van der Waals surface area contributed by atoms with Crippen molar-refractivity contribution in [3.8, 4) is 0 Å². The maximum Gasteiger partial charge on any atom is 0.251 e. The molecule has 7 heteroatoms. The van der Waals surface area contributed by atoms with Gasteiger partial charge in [-0.05, 0) is 50.3 Å². The number of carbonyl (C=O) groups is 1. The molecule has 1 aromatic rings. The minimum Gasteiger partial charge on any atom is -0.373 e. The van der Waals surface area contributed by atoms with Gasteiger partial charge in [-0.2, -0.15) is 4.31 Å². The fraction of sp³-hybridized carbons (Fsp3) is 0.667. The van der Waals surface area contributed by atoms with E-state index in [4.69, 9.17) is 4.74 Å². The number of carbonyl (C=O) groups excluding carboxylic acids is 1. The molecule has 0 aromatic heterocycles. The number of hydrogen-bond acceptors (Lipinski definition) is 4. The maximum atomic E-state index is 13.1. The molecule has 0 unspecified atom stereocenters. The van der Waals surface area contributed by atoms with Crippen molar-refractivity contribution in [3.63, 3.8) is 0 Å². The van der Waals surface area contributed by atoms with Crippen molar-refractivity contribution in [2.75, 3.05) is 13.1 Å². The molecule has 1 aliphatic carbocycles. The van der Waals surface area contributed by atoms with Crippen LogP contribution in [-0.4, -0.2) is 50.0 Å². The Labute approximate surface area is 168 Å². The lowest BCUT2D eigenvalue weighted by Crippen LogP contribution is -2.48. The second kappa shape index (κ2) is 8.51. The molecule has 0 spiro atoms. The molecule has 0 radical (unpaired) electrons. The summed E-state index contributed by atoms with van der Waals surface area (Å²) in [5, 5.41) is 3.12. The van der Waals surface area contributed by atoms with Gasteiger partial charge in [-0.1, -0.05) is 32.8 Å². The number of rotatable bonds is 4. The summed E-state index contributed by atoms with van der Waals surface area (Å²) in [6.45, 7) is 8.78. The Morgan fingerprint density at radius 3 is 2.46 bits per heavy atom. The normalized spacial score (nSPS) is 32.1. The molecule has 2 fully saturated rings. The van der Waals surface area contributed by atoms with Gasteiger partial charge in [0.05, 0.1) is 17.1 Å². The molecule has 1 aliphatic heterocycles. The van der Waals surface area contributed by atoms with Gasteiger partial charge in [0, 0.05) is 24.7 Å². The molecule has 6 nitrogen and oxygen atoms in total. The molecular weight excluding hydrogens is 376 g/mol. The summed E-state index contributed by atoms with van der Waals surface area (Å²) in [5.74, 6) is 0.795. The zero-order valence-corrected chi connectivity index (χ0v) is 18.0. The van der Waals surface area contributed by atoms with E-state index in [0.29, 0.717) is 30.5 Å². The smallest absolute Gasteiger partial charge is 0.251 e. The average Bonchev–Trinajstić information content (AvgIpc) is 2.64. The Morgan fingerprint density at radius 2 is 1.79 bits per heavy atom. The Balaban J connectivity index is 1.77. The number of amides is 1. The summed E-state index contributed by atoms with van der Waals surface area (Å²) < 4.78 is 33.2. The summed E-state index contributed by atoms with van der Waals surface area (Å²) in [4.78, 5) is 12.9. The van der Waals surface area contributed by atoms with Gasteiger partial charge >= 0.3 is 0 Å². The highest BCUT2D eigenvalue weighted by Crippen LogP contribution is 2.30. The Bertz CT molecular complexity index is 800. The quantitative estimate of drug-likeness (QED) is 0.831. The Kier molecular flexibility index (Phi) is 6.47. The monoisotopic (exact) mass is 408 g/mol. The summed E-state index contributed by atoms with van der Waals surface area (Å²) >= 11 is 0.